The number of hydrogen-bond donors (Lipinski definition) is 1. The standard InChI is InChI=1S/C12H20BrNO3S/c13-11-4-2-1-3-9(11)7-14-12(15)10-5-6-18(16,17)8-10/h9-11H,1-8H2,(H,14,15). The van der Waals surface area contributed by atoms with Gasteiger partial charge < -0.3 is 5.32 Å². The molecule has 1 aliphatic heterocycles. The third kappa shape index (κ3) is 3.70. The van der Waals surface area contributed by atoms with Crippen molar-refractivity contribution in [1.82, 2.24) is 5.32 Å². The normalized spacial score (nSPS) is 35.3. The van der Waals surface area contributed by atoms with Gasteiger partial charge in [0.15, 0.2) is 9.84 Å². The number of halogens is 1. The van der Waals surface area contributed by atoms with Crippen molar-refractivity contribution in [2.24, 2.45) is 11.8 Å². The molecule has 18 heavy (non-hydrogen) atoms. The smallest absolute Gasteiger partial charge is 0.224 e. The number of sulfone groups is 1. The van der Waals surface area contributed by atoms with Gasteiger partial charge >= 0.3 is 0 Å². The predicted octanol–water partition coefficient (Wildman–Crippen LogP) is 1.49. The fraction of sp³-hybridized carbons (Fsp3) is 0.917. The van der Waals surface area contributed by atoms with E-state index in [1.165, 1.54) is 19.3 Å². The molecule has 4 nitrogen and oxygen atoms in total. The zero-order valence-corrected chi connectivity index (χ0v) is 12.8. The van der Waals surface area contributed by atoms with Crippen molar-refractivity contribution in [3.8, 4) is 0 Å². The largest absolute Gasteiger partial charge is 0.356 e. The van der Waals surface area contributed by atoms with Crippen LogP contribution in [0.25, 0.3) is 0 Å². The van der Waals surface area contributed by atoms with Crippen LogP contribution >= 0.6 is 15.9 Å². The molecule has 3 unspecified atom stereocenters. The molecule has 3 atom stereocenters. The van der Waals surface area contributed by atoms with E-state index >= 15 is 0 Å². The lowest BCUT2D eigenvalue weighted by atomic mass is 9.89. The lowest BCUT2D eigenvalue weighted by Crippen LogP contribution is -2.38. The number of alkyl halides is 1. The van der Waals surface area contributed by atoms with Gasteiger partial charge in [0, 0.05) is 11.4 Å². The summed E-state index contributed by atoms with van der Waals surface area (Å²) in [5.74, 6) is 0.269. The average molecular weight is 338 g/mol. The van der Waals surface area contributed by atoms with Gasteiger partial charge in [-0.05, 0) is 25.2 Å². The minimum absolute atomic E-state index is 0.0290. The zero-order valence-electron chi connectivity index (χ0n) is 10.4. The van der Waals surface area contributed by atoms with Crippen molar-refractivity contribution in [3.63, 3.8) is 0 Å². The first-order chi connectivity index (χ1) is 8.48. The molecular weight excluding hydrogens is 318 g/mol. The lowest BCUT2D eigenvalue weighted by molar-refractivity contribution is -0.124. The maximum absolute atomic E-state index is 11.9. The van der Waals surface area contributed by atoms with Crippen molar-refractivity contribution in [3.05, 3.63) is 0 Å². The number of amides is 1. The van der Waals surface area contributed by atoms with Crippen LogP contribution < -0.4 is 5.32 Å². The molecule has 0 aromatic rings. The molecule has 1 amide bonds. The Morgan fingerprint density at radius 2 is 1.94 bits per heavy atom. The van der Waals surface area contributed by atoms with E-state index in [1.54, 1.807) is 0 Å². The molecule has 0 aromatic heterocycles. The Balaban J connectivity index is 1.78. The molecule has 2 rings (SSSR count). The van der Waals surface area contributed by atoms with Crippen molar-refractivity contribution in [2.45, 2.75) is 36.9 Å². The molecule has 0 aromatic carbocycles. The highest BCUT2D eigenvalue weighted by atomic mass is 79.9. The molecule has 2 fully saturated rings. The van der Waals surface area contributed by atoms with Crippen molar-refractivity contribution < 1.29 is 13.2 Å². The minimum atomic E-state index is -2.96. The number of carbonyl (C=O) groups excluding carboxylic acids is 1. The van der Waals surface area contributed by atoms with Gasteiger partial charge in [-0.1, -0.05) is 28.8 Å². The highest BCUT2D eigenvalue weighted by Gasteiger charge is 2.33. The molecule has 0 radical (unpaired) electrons. The summed E-state index contributed by atoms with van der Waals surface area (Å²) in [4.78, 5) is 12.4. The van der Waals surface area contributed by atoms with Crippen LogP contribution in [0.1, 0.15) is 32.1 Å². The third-order valence-electron chi connectivity index (χ3n) is 3.96. The number of rotatable bonds is 3. The molecule has 0 spiro atoms. The minimum Gasteiger partial charge on any atom is -0.356 e. The summed E-state index contributed by atoms with van der Waals surface area (Å²) in [6.07, 6.45) is 5.26. The summed E-state index contributed by atoms with van der Waals surface area (Å²) in [6, 6.07) is 0. The van der Waals surface area contributed by atoms with Crippen LogP contribution in [0.15, 0.2) is 0 Å². The molecule has 1 aliphatic carbocycles. The van der Waals surface area contributed by atoms with Gasteiger partial charge in [-0.15, -0.1) is 0 Å². The first kappa shape index (κ1) is 14.3. The summed E-state index contributed by atoms with van der Waals surface area (Å²) in [6.45, 7) is 0.672. The van der Waals surface area contributed by atoms with Crippen LogP contribution in [0, 0.1) is 11.8 Å². The molecule has 1 saturated heterocycles. The quantitative estimate of drug-likeness (QED) is 0.793. The van der Waals surface area contributed by atoms with Gasteiger partial charge in [0.25, 0.3) is 0 Å². The van der Waals surface area contributed by atoms with E-state index in [9.17, 15) is 13.2 Å². The Morgan fingerprint density at radius 3 is 2.56 bits per heavy atom. The number of carbonyl (C=O) groups is 1. The summed E-state index contributed by atoms with van der Waals surface area (Å²) in [5.41, 5.74) is 0. The van der Waals surface area contributed by atoms with E-state index in [2.05, 4.69) is 21.2 Å². The third-order valence-corrected chi connectivity index (χ3v) is 6.93. The number of hydrogen-bond acceptors (Lipinski definition) is 3. The average Bonchev–Trinajstić information content (AvgIpc) is 2.68. The van der Waals surface area contributed by atoms with Crippen LogP contribution in [0.2, 0.25) is 0 Å². The zero-order chi connectivity index (χ0) is 13.2. The highest BCUT2D eigenvalue weighted by Crippen LogP contribution is 2.29. The van der Waals surface area contributed by atoms with Crippen LogP contribution in [-0.4, -0.2) is 37.2 Å². The Hall–Kier alpha value is -0.100. The van der Waals surface area contributed by atoms with Gasteiger partial charge in [-0.3, -0.25) is 4.79 Å². The van der Waals surface area contributed by atoms with Crippen molar-refractivity contribution >= 4 is 31.7 Å². The summed E-state index contributed by atoms with van der Waals surface area (Å²) < 4.78 is 22.6. The monoisotopic (exact) mass is 337 g/mol. The van der Waals surface area contributed by atoms with Gasteiger partial charge in [0.1, 0.15) is 0 Å². The molecular formula is C12H20BrNO3S. The van der Waals surface area contributed by atoms with Gasteiger partial charge in [-0.2, -0.15) is 0 Å². The van der Waals surface area contributed by atoms with Gasteiger partial charge in [0.05, 0.1) is 17.4 Å². The summed E-state index contributed by atoms with van der Waals surface area (Å²) in [7, 11) is -2.96. The topological polar surface area (TPSA) is 63.2 Å². The van der Waals surface area contributed by atoms with E-state index < -0.39 is 9.84 Å². The second kappa shape index (κ2) is 5.90. The molecule has 104 valence electrons. The molecule has 1 saturated carbocycles. The molecule has 2 aliphatic rings. The van der Waals surface area contributed by atoms with Gasteiger partial charge in [-0.25, -0.2) is 8.42 Å². The fourth-order valence-electron chi connectivity index (χ4n) is 2.77. The van der Waals surface area contributed by atoms with E-state index in [-0.39, 0.29) is 23.3 Å². The predicted molar refractivity (Wildman–Crippen MR) is 74.4 cm³/mol. The summed E-state index contributed by atoms with van der Waals surface area (Å²) in [5, 5.41) is 2.93. The summed E-state index contributed by atoms with van der Waals surface area (Å²) >= 11 is 3.66. The van der Waals surface area contributed by atoms with E-state index in [0.717, 1.165) is 6.42 Å². The Kier molecular flexibility index (Phi) is 4.69. The van der Waals surface area contributed by atoms with Crippen LogP contribution in [0.4, 0.5) is 0 Å². The van der Waals surface area contributed by atoms with Gasteiger partial charge in [0.2, 0.25) is 5.91 Å². The molecule has 1 N–H and O–H groups in total. The highest BCUT2D eigenvalue weighted by molar-refractivity contribution is 9.09. The lowest BCUT2D eigenvalue weighted by Gasteiger charge is -2.27. The van der Waals surface area contributed by atoms with Crippen LogP contribution in [-0.2, 0) is 14.6 Å². The second-order valence-corrected chi connectivity index (χ2v) is 8.81. The van der Waals surface area contributed by atoms with Crippen LogP contribution in [0.5, 0.6) is 0 Å². The molecule has 0 bridgehead atoms. The van der Waals surface area contributed by atoms with E-state index in [1.807, 2.05) is 0 Å². The number of nitrogens with one attached hydrogen (secondary N) is 1. The Morgan fingerprint density at radius 1 is 1.22 bits per heavy atom. The first-order valence-corrected chi connectivity index (χ1v) is 9.34. The maximum Gasteiger partial charge on any atom is 0.224 e. The SMILES string of the molecule is O=C(NCC1CCCCC1Br)C1CCS(=O)(=O)C1. The van der Waals surface area contributed by atoms with Crippen molar-refractivity contribution in [1.29, 1.82) is 0 Å². The fourth-order valence-corrected chi connectivity index (χ4v) is 5.29. The second-order valence-electron chi connectivity index (χ2n) is 5.41. The van der Waals surface area contributed by atoms with E-state index in [4.69, 9.17) is 0 Å². The molecule has 6 heteroatoms. The Bertz CT molecular complexity index is 410. The first-order valence-electron chi connectivity index (χ1n) is 6.60. The Labute approximate surface area is 117 Å². The molecule has 1 heterocycles. The van der Waals surface area contributed by atoms with Crippen LogP contribution in [0.3, 0.4) is 0 Å². The van der Waals surface area contributed by atoms with Crippen molar-refractivity contribution in [2.75, 3.05) is 18.1 Å². The van der Waals surface area contributed by atoms with E-state index in [0.29, 0.717) is 23.7 Å². The maximum atomic E-state index is 11.9.